The highest BCUT2D eigenvalue weighted by Gasteiger charge is 2.18. The third-order valence-corrected chi connectivity index (χ3v) is 5.10. The molecule has 1 atom stereocenters. The van der Waals surface area contributed by atoms with Crippen molar-refractivity contribution < 1.29 is 29.0 Å². The van der Waals surface area contributed by atoms with Gasteiger partial charge in [0.1, 0.15) is 5.82 Å². The monoisotopic (exact) mass is 457 g/mol. The second-order valence-electron chi connectivity index (χ2n) is 7.44. The molecule has 10 nitrogen and oxygen atoms in total. The molecule has 3 aromatic rings. The molecular weight excluding hydrogens is 433 g/mol. The molecule has 3 rings (SSSR count). The molecule has 174 valence electrons. The molecule has 0 aliphatic carbocycles. The number of imidazole rings is 1. The molecule has 3 amide bonds. The minimum absolute atomic E-state index is 0.0161. The number of hydrogen-bond donors (Lipinski definition) is 5. The Morgan fingerprint density at radius 1 is 1.03 bits per heavy atom. The molecule has 1 heterocycles. The van der Waals surface area contributed by atoms with Crippen LogP contribution in [0.1, 0.15) is 23.5 Å². The third kappa shape index (κ3) is 6.19. The molecule has 0 bridgehead atoms. The number of nitrogens with zero attached hydrogens (tertiary/aromatic N) is 2. The van der Waals surface area contributed by atoms with Crippen molar-refractivity contribution in [1.29, 1.82) is 0 Å². The van der Waals surface area contributed by atoms with E-state index < -0.39 is 24.1 Å². The van der Waals surface area contributed by atoms with Crippen molar-refractivity contribution in [2.75, 3.05) is 13.1 Å². The van der Waals surface area contributed by atoms with E-state index in [1.165, 1.54) is 12.1 Å². The van der Waals surface area contributed by atoms with Crippen LogP contribution in [-0.2, 0) is 7.05 Å². The first kappa shape index (κ1) is 23.5. The Balaban J connectivity index is 1.70. The first-order valence-electron chi connectivity index (χ1n) is 10.2. The highest BCUT2D eigenvalue weighted by Crippen LogP contribution is 2.25. The van der Waals surface area contributed by atoms with Crippen LogP contribution in [0.2, 0.25) is 0 Å². The summed E-state index contributed by atoms with van der Waals surface area (Å²) in [4.78, 5) is 38.7. The van der Waals surface area contributed by atoms with E-state index in [-0.39, 0.29) is 24.7 Å². The minimum Gasteiger partial charge on any atom is -0.465 e. The molecule has 0 radical (unpaired) electrons. The van der Waals surface area contributed by atoms with E-state index >= 15 is 0 Å². The van der Waals surface area contributed by atoms with Gasteiger partial charge in [-0.3, -0.25) is 4.79 Å². The van der Waals surface area contributed by atoms with Gasteiger partial charge in [0.2, 0.25) is 0 Å². The molecule has 0 saturated carbocycles. The number of nitrogens with one attached hydrogen (secondary N) is 3. The van der Waals surface area contributed by atoms with E-state index in [4.69, 9.17) is 10.2 Å². The maximum atomic E-state index is 13.2. The summed E-state index contributed by atoms with van der Waals surface area (Å²) in [5, 5.41) is 24.8. The van der Waals surface area contributed by atoms with Crippen molar-refractivity contribution in [3.8, 4) is 11.1 Å². The van der Waals surface area contributed by atoms with Gasteiger partial charge in [-0.15, -0.1) is 0 Å². The molecule has 0 fully saturated rings. The van der Waals surface area contributed by atoms with Crippen molar-refractivity contribution in [2.24, 2.45) is 7.05 Å². The van der Waals surface area contributed by atoms with Crippen LogP contribution in [0.25, 0.3) is 22.2 Å². The van der Waals surface area contributed by atoms with Gasteiger partial charge in [-0.2, -0.15) is 0 Å². The number of hydrogen-bond acceptors (Lipinski definition) is 4. The van der Waals surface area contributed by atoms with Gasteiger partial charge < -0.3 is 30.7 Å². The van der Waals surface area contributed by atoms with Crippen LogP contribution in [-0.4, -0.2) is 57.0 Å². The van der Waals surface area contributed by atoms with Crippen LogP contribution in [0.15, 0.2) is 42.5 Å². The number of aromatic nitrogens is 2. The molecule has 33 heavy (non-hydrogen) atoms. The number of rotatable bonds is 9. The summed E-state index contributed by atoms with van der Waals surface area (Å²) in [5.41, 5.74) is 2.99. The second-order valence-corrected chi connectivity index (χ2v) is 7.44. The number of fused-ring (bicyclic) bond motifs is 1. The number of benzene rings is 2. The van der Waals surface area contributed by atoms with Crippen molar-refractivity contribution >= 4 is 29.1 Å². The van der Waals surface area contributed by atoms with Crippen LogP contribution in [0, 0.1) is 5.82 Å². The van der Waals surface area contributed by atoms with Crippen LogP contribution in [0.5, 0.6) is 0 Å². The van der Waals surface area contributed by atoms with Crippen LogP contribution < -0.4 is 16.0 Å². The number of aryl methyl sites for hydroxylation is 1. The quantitative estimate of drug-likeness (QED) is 0.312. The predicted molar refractivity (Wildman–Crippen MR) is 119 cm³/mol. The van der Waals surface area contributed by atoms with E-state index in [9.17, 15) is 18.8 Å². The van der Waals surface area contributed by atoms with Crippen molar-refractivity contribution in [3.63, 3.8) is 0 Å². The molecular formula is C22H24FN5O5. The topological polar surface area (TPSA) is 146 Å². The lowest BCUT2D eigenvalue weighted by atomic mass is 10.1. The fraction of sp³-hybridized carbons (Fsp3) is 0.273. The smallest absolute Gasteiger partial charge is 0.404 e. The molecule has 11 heteroatoms. The average Bonchev–Trinajstić information content (AvgIpc) is 3.10. The molecule has 1 unspecified atom stereocenters. The fourth-order valence-electron chi connectivity index (χ4n) is 3.45. The number of halogens is 1. The predicted octanol–water partition coefficient (Wildman–Crippen LogP) is 2.79. The molecule has 2 aromatic carbocycles. The lowest BCUT2D eigenvalue weighted by molar-refractivity contribution is 0.0934. The van der Waals surface area contributed by atoms with Gasteiger partial charge in [-0.25, -0.2) is 19.0 Å². The molecule has 1 aromatic heterocycles. The Morgan fingerprint density at radius 2 is 1.73 bits per heavy atom. The Bertz CT molecular complexity index is 1160. The zero-order valence-electron chi connectivity index (χ0n) is 17.8. The molecule has 0 spiro atoms. The molecule has 5 N–H and O–H groups in total. The molecule has 0 aliphatic rings. The largest absolute Gasteiger partial charge is 0.465 e. The van der Waals surface area contributed by atoms with Crippen LogP contribution >= 0.6 is 0 Å². The minimum atomic E-state index is -1.24. The van der Waals surface area contributed by atoms with Gasteiger partial charge in [-0.1, -0.05) is 18.2 Å². The number of carbonyl (C=O) groups excluding carboxylic acids is 1. The summed E-state index contributed by atoms with van der Waals surface area (Å²) < 4.78 is 14.8. The summed E-state index contributed by atoms with van der Waals surface area (Å²) in [7, 11) is 1.70. The van der Waals surface area contributed by atoms with E-state index in [1.807, 2.05) is 12.1 Å². The molecule has 0 aliphatic heterocycles. The highest BCUT2D eigenvalue weighted by molar-refractivity contribution is 5.95. The zero-order valence-corrected chi connectivity index (χ0v) is 17.8. The van der Waals surface area contributed by atoms with Crippen LogP contribution in [0.4, 0.5) is 14.0 Å². The van der Waals surface area contributed by atoms with Gasteiger partial charge in [0.15, 0.2) is 5.82 Å². The second kappa shape index (κ2) is 10.4. The Labute approximate surface area is 188 Å². The maximum absolute atomic E-state index is 13.2. The zero-order chi connectivity index (χ0) is 24.0. The van der Waals surface area contributed by atoms with E-state index in [2.05, 4.69) is 20.9 Å². The summed E-state index contributed by atoms with van der Waals surface area (Å²) in [6.45, 7) is 0.185. The van der Waals surface area contributed by atoms with Gasteiger partial charge in [0.25, 0.3) is 5.91 Å². The number of amides is 3. The van der Waals surface area contributed by atoms with Crippen molar-refractivity contribution in [3.05, 3.63) is 54.1 Å². The summed E-state index contributed by atoms with van der Waals surface area (Å²) in [6.07, 6.45) is -1.67. The van der Waals surface area contributed by atoms with Crippen molar-refractivity contribution in [1.82, 2.24) is 25.5 Å². The lowest BCUT2D eigenvalue weighted by Crippen LogP contribution is -2.44. The number of carboxylic acid groups (broad SMARTS) is 2. The summed E-state index contributed by atoms with van der Waals surface area (Å²) >= 11 is 0. The first-order valence-corrected chi connectivity index (χ1v) is 10.2. The van der Waals surface area contributed by atoms with Crippen molar-refractivity contribution in [2.45, 2.75) is 18.9 Å². The average molecular weight is 457 g/mol. The van der Waals surface area contributed by atoms with Gasteiger partial charge in [0, 0.05) is 26.2 Å². The van der Waals surface area contributed by atoms with Gasteiger partial charge in [0.05, 0.1) is 11.0 Å². The Hall–Kier alpha value is -4.15. The van der Waals surface area contributed by atoms with Crippen LogP contribution in [0.3, 0.4) is 0 Å². The standard InChI is InChI=1S/C22H24FN5O5/c1-28-18-11-14(13-4-7-15(23)8-5-13)6-9-17(18)27-19(28)20(29)25-12-16(26-22(32)33)3-2-10-24-21(30)31/h4-9,11,16,24,26H,2-3,10,12H2,1H3,(H,25,29)(H,30,31)(H,32,33). The summed E-state index contributed by atoms with van der Waals surface area (Å²) in [5.74, 6) is -0.645. The third-order valence-electron chi connectivity index (χ3n) is 5.10. The van der Waals surface area contributed by atoms with E-state index in [1.54, 1.807) is 29.8 Å². The maximum Gasteiger partial charge on any atom is 0.404 e. The van der Waals surface area contributed by atoms with E-state index in [0.717, 1.165) is 11.1 Å². The lowest BCUT2D eigenvalue weighted by Gasteiger charge is -2.17. The SMILES string of the molecule is Cn1c(C(=O)NCC(CCCNC(=O)O)NC(=O)O)nc2ccc(-c3ccc(F)cc3)cc21. The fourth-order valence-corrected chi connectivity index (χ4v) is 3.45. The van der Waals surface area contributed by atoms with E-state index in [0.29, 0.717) is 23.9 Å². The summed E-state index contributed by atoms with van der Waals surface area (Å²) in [6, 6.07) is 11.0. The first-order chi connectivity index (χ1) is 15.7. The van der Waals surface area contributed by atoms with Gasteiger partial charge in [-0.05, 0) is 48.2 Å². The Kier molecular flexibility index (Phi) is 7.44. The normalized spacial score (nSPS) is 11.7. The number of carbonyl (C=O) groups is 3. The molecule has 0 saturated heterocycles. The van der Waals surface area contributed by atoms with Gasteiger partial charge >= 0.3 is 12.2 Å². The highest BCUT2D eigenvalue weighted by atomic mass is 19.1. The Morgan fingerprint density at radius 3 is 2.39 bits per heavy atom.